The van der Waals surface area contributed by atoms with Crippen LogP contribution in [0.1, 0.15) is 75.9 Å². The molecule has 0 saturated carbocycles. The average Bonchev–Trinajstić information content (AvgIpc) is 3.17. The van der Waals surface area contributed by atoms with Crippen molar-refractivity contribution in [3.05, 3.63) is 114 Å². The predicted octanol–water partition coefficient (Wildman–Crippen LogP) is 7.66. The first-order valence-corrected chi connectivity index (χ1v) is 18.6. The standard InChI is InChI=1S/C43H60O8/c1-5-6-19-38(41-40(46)39(27-44)50-42(51-41)36-17-11-8-12-18-36)43(31-45,24-13-14-25-48-29-35-20-22-37(47-4)23-21-35)26-32(2)33(3)28-49-30-34-15-9-7-10-16-34/h6-12,15-23,32-33,38-42,44-46H,5,13-14,24-31H2,1-4H3/b19-6+/t32-,33-,38+,39+,40+,41-,42+,43+/m0/s1. The minimum Gasteiger partial charge on any atom is -0.497 e. The summed E-state index contributed by atoms with van der Waals surface area (Å²) in [6.07, 6.45) is 4.61. The van der Waals surface area contributed by atoms with E-state index in [0.29, 0.717) is 39.3 Å². The number of allylic oxidation sites excluding steroid dienone is 1. The molecule has 0 aliphatic carbocycles. The van der Waals surface area contributed by atoms with Crippen molar-refractivity contribution in [1.82, 2.24) is 0 Å². The number of hydrogen-bond acceptors (Lipinski definition) is 8. The largest absolute Gasteiger partial charge is 0.497 e. The van der Waals surface area contributed by atoms with Crippen LogP contribution >= 0.6 is 0 Å². The van der Waals surface area contributed by atoms with Gasteiger partial charge >= 0.3 is 0 Å². The lowest BCUT2D eigenvalue weighted by Crippen LogP contribution is -2.56. The van der Waals surface area contributed by atoms with Crippen LogP contribution in [-0.2, 0) is 32.2 Å². The minimum atomic E-state index is -1.10. The fourth-order valence-corrected chi connectivity index (χ4v) is 7.06. The molecule has 3 N–H and O–H groups in total. The fraction of sp³-hybridized carbons (Fsp3) is 0.535. The molecule has 0 radical (unpaired) electrons. The molecule has 3 aromatic carbocycles. The van der Waals surface area contributed by atoms with Gasteiger partial charge in [0.2, 0.25) is 0 Å². The van der Waals surface area contributed by atoms with Crippen LogP contribution in [-0.4, -0.2) is 67.2 Å². The van der Waals surface area contributed by atoms with Crippen molar-refractivity contribution in [2.45, 2.75) is 90.7 Å². The van der Waals surface area contributed by atoms with E-state index in [2.05, 4.69) is 45.1 Å². The molecule has 0 spiro atoms. The van der Waals surface area contributed by atoms with Crippen LogP contribution in [0, 0.1) is 23.2 Å². The smallest absolute Gasteiger partial charge is 0.184 e. The molecule has 0 unspecified atom stereocenters. The quantitative estimate of drug-likeness (QED) is 0.0724. The number of aliphatic hydroxyl groups is 3. The van der Waals surface area contributed by atoms with Gasteiger partial charge in [0.25, 0.3) is 0 Å². The zero-order valence-electron chi connectivity index (χ0n) is 30.9. The summed E-state index contributed by atoms with van der Waals surface area (Å²) in [6, 6.07) is 27.7. The number of unbranched alkanes of at least 4 members (excludes halogenated alkanes) is 1. The maximum atomic E-state index is 11.7. The summed E-state index contributed by atoms with van der Waals surface area (Å²) in [4.78, 5) is 0. The third-order valence-corrected chi connectivity index (χ3v) is 10.3. The molecule has 1 aliphatic heterocycles. The SMILES string of the molecule is CC/C=C/[C@H]([C@@H]1O[C@H](c2ccccc2)O[C@H](CO)[C@H]1O)[C@](CO)(CCCCOCc1ccc(OC)cc1)C[C@H](C)[C@@H](C)COCc1ccccc1. The number of hydrogen-bond donors (Lipinski definition) is 3. The number of ether oxygens (including phenoxy) is 5. The molecule has 51 heavy (non-hydrogen) atoms. The summed E-state index contributed by atoms with van der Waals surface area (Å²) in [5, 5.41) is 33.5. The number of methoxy groups -OCH3 is 1. The summed E-state index contributed by atoms with van der Waals surface area (Å²) >= 11 is 0. The maximum absolute atomic E-state index is 11.7. The van der Waals surface area contributed by atoms with E-state index < -0.39 is 30.0 Å². The molecule has 1 fully saturated rings. The molecule has 1 heterocycles. The van der Waals surface area contributed by atoms with Gasteiger partial charge in [-0.05, 0) is 60.8 Å². The lowest BCUT2D eigenvalue weighted by molar-refractivity contribution is -0.308. The highest BCUT2D eigenvalue weighted by molar-refractivity contribution is 5.26. The maximum Gasteiger partial charge on any atom is 0.184 e. The van der Waals surface area contributed by atoms with Gasteiger partial charge in [-0.15, -0.1) is 0 Å². The van der Waals surface area contributed by atoms with Crippen molar-refractivity contribution < 1.29 is 39.0 Å². The van der Waals surface area contributed by atoms with Crippen molar-refractivity contribution >= 4 is 0 Å². The van der Waals surface area contributed by atoms with Gasteiger partial charge in [0, 0.05) is 36.7 Å². The molecule has 8 heteroatoms. The lowest BCUT2D eigenvalue weighted by Gasteiger charge is -2.49. The highest BCUT2D eigenvalue weighted by atomic mass is 16.7. The monoisotopic (exact) mass is 704 g/mol. The van der Waals surface area contributed by atoms with Crippen LogP contribution in [0.15, 0.2) is 97.1 Å². The second-order valence-electron chi connectivity index (χ2n) is 14.1. The molecule has 1 aliphatic rings. The number of benzene rings is 3. The van der Waals surface area contributed by atoms with Crippen LogP contribution in [0.25, 0.3) is 0 Å². The van der Waals surface area contributed by atoms with Crippen molar-refractivity contribution in [3.63, 3.8) is 0 Å². The Bertz CT molecular complexity index is 1380. The van der Waals surface area contributed by atoms with Gasteiger partial charge in [0.1, 0.15) is 18.0 Å². The highest BCUT2D eigenvalue weighted by Gasteiger charge is 2.50. The van der Waals surface area contributed by atoms with E-state index in [1.54, 1.807) is 7.11 Å². The highest BCUT2D eigenvalue weighted by Crippen LogP contribution is 2.47. The van der Waals surface area contributed by atoms with E-state index in [1.807, 2.05) is 72.8 Å². The first-order chi connectivity index (χ1) is 24.8. The third kappa shape index (κ3) is 12.0. The van der Waals surface area contributed by atoms with Gasteiger partial charge in [-0.2, -0.15) is 0 Å². The van der Waals surface area contributed by atoms with Gasteiger partial charge in [-0.1, -0.05) is 112 Å². The molecule has 1 saturated heterocycles. The van der Waals surface area contributed by atoms with Gasteiger partial charge in [-0.25, -0.2) is 0 Å². The van der Waals surface area contributed by atoms with Crippen LogP contribution in [0.4, 0.5) is 0 Å². The average molecular weight is 705 g/mol. The Morgan fingerprint density at radius 2 is 1.49 bits per heavy atom. The van der Waals surface area contributed by atoms with Crippen LogP contribution in [0.5, 0.6) is 5.75 Å². The molecule has 8 nitrogen and oxygen atoms in total. The zero-order valence-corrected chi connectivity index (χ0v) is 30.9. The van der Waals surface area contributed by atoms with Crippen LogP contribution in [0.2, 0.25) is 0 Å². The van der Waals surface area contributed by atoms with Crippen LogP contribution < -0.4 is 4.74 Å². The molecule has 8 atom stereocenters. The normalized spacial score (nSPS) is 22.3. The van der Waals surface area contributed by atoms with E-state index in [4.69, 9.17) is 23.7 Å². The molecule has 280 valence electrons. The Morgan fingerprint density at radius 1 is 0.824 bits per heavy atom. The summed E-state index contributed by atoms with van der Waals surface area (Å²) in [5.74, 6) is 0.858. The van der Waals surface area contributed by atoms with E-state index in [0.717, 1.165) is 41.7 Å². The van der Waals surface area contributed by atoms with Gasteiger partial charge < -0.3 is 39.0 Å². The van der Waals surface area contributed by atoms with Crippen molar-refractivity contribution in [1.29, 1.82) is 0 Å². The van der Waals surface area contributed by atoms with E-state index >= 15 is 0 Å². The van der Waals surface area contributed by atoms with E-state index in [9.17, 15) is 15.3 Å². The summed E-state index contributed by atoms with van der Waals surface area (Å²) in [7, 11) is 1.66. The van der Waals surface area contributed by atoms with Gasteiger partial charge in [0.15, 0.2) is 6.29 Å². The Labute approximate surface area is 305 Å². The molecular formula is C43H60O8. The summed E-state index contributed by atoms with van der Waals surface area (Å²) < 4.78 is 30.2. The van der Waals surface area contributed by atoms with Crippen LogP contribution in [0.3, 0.4) is 0 Å². The van der Waals surface area contributed by atoms with Gasteiger partial charge in [-0.3, -0.25) is 0 Å². The Balaban J connectivity index is 1.54. The first-order valence-electron chi connectivity index (χ1n) is 18.6. The molecule has 0 aromatic heterocycles. The molecular weight excluding hydrogens is 644 g/mol. The summed E-state index contributed by atoms with van der Waals surface area (Å²) in [6.45, 7) is 8.30. The minimum absolute atomic E-state index is 0.0897. The Hall–Kier alpha value is -3.08. The fourth-order valence-electron chi connectivity index (χ4n) is 7.06. The first kappa shape index (κ1) is 40.7. The van der Waals surface area contributed by atoms with Crippen molar-refractivity contribution in [2.75, 3.05) is 33.5 Å². The molecule has 3 aromatic rings. The van der Waals surface area contributed by atoms with E-state index in [-0.39, 0.29) is 31.0 Å². The second kappa shape index (κ2) is 21.4. The third-order valence-electron chi connectivity index (χ3n) is 10.3. The Kier molecular flexibility index (Phi) is 17.1. The van der Waals surface area contributed by atoms with Crippen molar-refractivity contribution in [3.8, 4) is 5.75 Å². The second-order valence-corrected chi connectivity index (χ2v) is 14.1. The molecule has 0 bridgehead atoms. The topological polar surface area (TPSA) is 107 Å². The lowest BCUT2D eigenvalue weighted by atomic mass is 9.63. The Morgan fingerprint density at radius 3 is 2.14 bits per heavy atom. The molecule has 4 rings (SSSR count). The van der Waals surface area contributed by atoms with Gasteiger partial charge in [0.05, 0.1) is 33.0 Å². The number of rotatable bonds is 22. The van der Waals surface area contributed by atoms with Crippen molar-refractivity contribution in [2.24, 2.45) is 23.2 Å². The predicted molar refractivity (Wildman–Crippen MR) is 200 cm³/mol. The zero-order chi connectivity index (χ0) is 36.5. The summed E-state index contributed by atoms with van der Waals surface area (Å²) in [5.41, 5.74) is 2.39. The van der Waals surface area contributed by atoms with E-state index in [1.165, 1.54) is 0 Å². The number of aliphatic hydroxyl groups excluding tert-OH is 3. The molecule has 0 amide bonds.